The van der Waals surface area contributed by atoms with Crippen LogP contribution in [-0.4, -0.2) is 20.7 Å². The minimum Gasteiger partial charge on any atom is -0.413 e. The zero-order valence-corrected chi connectivity index (χ0v) is 8.94. The van der Waals surface area contributed by atoms with Crippen molar-refractivity contribution in [2.24, 2.45) is 0 Å². The van der Waals surface area contributed by atoms with Gasteiger partial charge in [0.05, 0.1) is 0 Å². The van der Waals surface area contributed by atoms with Gasteiger partial charge in [-0.05, 0) is 0 Å². The second kappa shape index (κ2) is 2.80. The lowest BCUT2D eigenvalue weighted by Gasteiger charge is -2.10. The van der Waals surface area contributed by atoms with Gasteiger partial charge in [0.15, 0.2) is 0 Å². The fourth-order valence-electron chi connectivity index (χ4n) is 0.670. The summed E-state index contributed by atoms with van der Waals surface area (Å²) in [4.78, 5) is 0. The Hall–Kier alpha value is -0.910. The number of nitrogens with one attached hydrogen (secondary N) is 1. The highest BCUT2D eigenvalue weighted by Gasteiger charge is 2.23. The first-order chi connectivity index (χ1) is 5.71. The molecular formula is C7H13N3O2S. The number of aromatic nitrogens is 2. The molecule has 5 nitrogen and oxygen atoms in total. The summed E-state index contributed by atoms with van der Waals surface area (Å²) < 4.78 is 23.5. The molecule has 0 aliphatic rings. The van der Waals surface area contributed by atoms with Gasteiger partial charge in [0.2, 0.25) is 5.89 Å². The Morgan fingerprint density at radius 1 is 1.38 bits per heavy atom. The van der Waals surface area contributed by atoms with Crippen LogP contribution in [0.2, 0.25) is 0 Å². The third kappa shape index (κ3) is 2.27. The van der Waals surface area contributed by atoms with Crippen LogP contribution in [0, 0.1) is 4.78 Å². The van der Waals surface area contributed by atoms with Gasteiger partial charge in [0, 0.05) is 11.7 Å². The molecule has 0 aliphatic carbocycles. The summed E-state index contributed by atoms with van der Waals surface area (Å²) in [5, 5.41) is 7.21. The van der Waals surface area contributed by atoms with Crippen molar-refractivity contribution < 1.29 is 8.63 Å². The summed E-state index contributed by atoms with van der Waals surface area (Å²) in [7, 11) is -2.88. The quantitative estimate of drug-likeness (QED) is 0.748. The number of hydrogen-bond donors (Lipinski definition) is 1. The maximum absolute atomic E-state index is 11.2. The first-order valence-corrected chi connectivity index (χ1v) is 5.75. The third-order valence-electron chi connectivity index (χ3n) is 1.38. The second-order valence-electron chi connectivity index (χ2n) is 3.97. The molecule has 1 aromatic heterocycles. The van der Waals surface area contributed by atoms with Crippen LogP contribution in [0.5, 0.6) is 0 Å². The fraction of sp³-hybridized carbons (Fsp3) is 0.714. The monoisotopic (exact) mass is 203 g/mol. The smallest absolute Gasteiger partial charge is 0.315 e. The molecule has 0 radical (unpaired) electrons. The van der Waals surface area contributed by atoms with E-state index in [4.69, 9.17) is 9.20 Å². The van der Waals surface area contributed by atoms with E-state index in [0.717, 1.165) is 0 Å². The van der Waals surface area contributed by atoms with Gasteiger partial charge in [-0.2, -0.15) is 0 Å². The van der Waals surface area contributed by atoms with Crippen LogP contribution in [0.3, 0.4) is 0 Å². The average molecular weight is 203 g/mol. The van der Waals surface area contributed by atoms with E-state index in [1.807, 2.05) is 20.8 Å². The molecule has 0 amide bonds. The lowest BCUT2D eigenvalue weighted by atomic mass is 9.97. The van der Waals surface area contributed by atoms with Crippen LogP contribution < -0.4 is 0 Å². The Morgan fingerprint density at radius 2 is 1.92 bits per heavy atom. The van der Waals surface area contributed by atoms with Crippen molar-refractivity contribution in [3.05, 3.63) is 5.89 Å². The molecule has 1 heterocycles. The van der Waals surface area contributed by atoms with Gasteiger partial charge < -0.3 is 4.42 Å². The van der Waals surface area contributed by atoms with E-state index in [9.17, 15) is 4.21 Å². The van der Waals surface area contributed by atoms with E-state index in [2.05, 4.69) is 10.2 Å². The van der Waals surface area contributed by atoms with E-state index in [0.29, 0.717) is 5.89 Å². The molecule has 0 aromatic carbocycles. The van der Waals surface area contributed by atoms with Crippen LogP contribution in [-0.2, 0) is 15.1 Å². The lowest BCUT2D eigenvalue weighted by molar-refractivity contribution is 0.343. The molecule has 0 spiro atoms. The minimum atomic E-state index is -2.88. The Balaban J connectivity index is 3.16. The van der Waals surface area contributed by atoms with Crippen molar-refractivity contribution >= 4 is 9.73 Å². The SMILES string of the molecule is CC(C)(C)c1nnc(S(C)(=N)=O)o1. The van der Waals surface area contributed by atoms with Gasteiger partial charge in [-0.1, -0.05) is 25.9 Å². The molecule has 0 aliphatic heterocycles. The predicted molar refractivity (Wildman–Crippen MR) is 48.1 cm³/mol. The normalized spacial score (nSPS) is 16.9. The summed E-state index contributed by atoms with van der Waals surface area (Å²) in [5.41, 5.74) is -0.268. The zero-order chi connectivity index (χ0) is 10.3. The van der Waals surface area contributed by atoms with E-state index in [-0.39, 0.29) is 10.6 Å². The highest BCUT2D eigenvalue weighted by atomic mass is 32.2. The van der Waals surface area contributed by atoms with Crippen molar-refractivity contribution in [2.75, 3.05) is 6.26 Å². The molecule has 1 aromatic rings. The Labute approximate surface area is 77.5 Å². The number of nitrogens with zero attached hydrogens (tertiary/aromatic N) is 2. The van der Waals surface area contributed by atoms with Gasteiger partial charge in [0.1, 0.15) is 9.73 Å². The van der Waals surface area contributed by atoms with Crippen LogP contribution >= 0.6 is 0 Å². The third-order valence-corrected chi connectivity index (χ3v) is 2.21. The summed E-state index contributed by atoms with van der Waals surface area (Å²) in [6.45, 7) is 5.73. The molecule has 74 valence electrons. The molecule has 0 saturated carbocycles. The maximum atomic E-state index is 11.2. The summed E-state index contributed by atoms with van der Waals surface area (Å²) in [6, 6.07) is 0. The molecule has 0 bridgehead atoms. The second-order valence-corrected chi connectivity index (χ2v) is 6.00. The topological polar surface area (TPSA) is 79.8 Å². The first kappa shape index (κ1) is 10.2. The van der Waals surface area contributed by atoms with Gasteiger partial charge in [0.25, 0.3) is 0 Å². The molecule has 1 rings (SSSR count). The van der Waals surface area contributed by atoms with E-state index >= 15 is 0 Å². The van der Waals surface area contributed by atoms with Gasteiger partial charge in [-0.25, -0.2) is 8.99 Å². The zero-order valence-electron chi connectivity index (χ0n) is 8.12. The Morgan fingerprint density at radius 3 is 2.15 bits per heavy atom. The summed E-state index contributed by atoms with van der Waals surface area (Å²) in [6.07, 6.45) is 1.26. The van der Waals surface area contributed by atoms with E-state index in [1.165, 1.54) is 6.26 Å². The Bertz CT molecular complexity index is 400. The highest BCUT2D eigenvalue weighted by molar-refractivity contribution is 7.91. The van der Waals surface area contributed by atoms with Crippen molar-refractivity contribution in [3.8, 4) is 0 Å². The lowest BCUT2D eigenvalue weighted by Crippen LogP contribution is -2.11. The predicted octanol–water partition coefficient (Wildman–Crippen LogP) is 1.40. The standard InChI is InChI=1S/C7H13N3O2S/c1-7(2,3)5-9-10-6(12-5)13(4,8)11/h8H,1-4H3. The van der Waals surface area contributed by atoms with Crippen molar-refractivity contribution in [2.45, 2.75) is 31.4 Å². The summed E-state index contributed by atoms with van der Waals surface area (Å²) >= 11 is 0. The summed E-state index contributed by atoms with van der Waals surface area (Å²) in [5.74, 6) is 0.407. The van der Waals surface area contributed by atoms with E-state index < -0.39 is 9.73 Å². The molecular weight excluding hydrogens is 190 g/mol. The minimum absolute atomic E-state index is 0.0996. The Kier molecular flexibility index (Phi) is 2.19. The van der Waals surface area contributed by atoms with Gasteiger partial charge in [-0.15, -0.1) is 5.10 Å². The molecule has 0 saturated heterocycles. The van der Waals surface area contributed by atoms with Crippen molar-refractivity contribution in [1.29, 1.82) is 4.78 Å². The van der Waals surface area contributed by atoms with Crippen LogP contribution in [0.4, 0.5) is 0 Å². The van der Waals surface area contributed by atoms with Crippen molar-refractivity contribution in [3.63, 3.8) is 0 Å². The molecule has 1 N–H and O–H groups in total. The molecule has 6 heteroatoms. The largest absolute Gasteiger partial charge is 0.413 e. The van der Waals surface area contributed by atoms with Gasteiger partial charge >= 0.3 is 5.22 Å². The van der Waals surface area contributed by atoms with Gasteiger partial charge in [-0.3, -0.25) is 0 Å². The molecule has 1 unspecified atom stereocenters. The first-order valence-electron chi connectivity index (χ1n) is 3.79. The van der Waals surface area contributed by atoms with Crippen molar-refractivity contribution in [1.82, 2.24) is 10.2 Å². The van der Waals surface area contributed by atoms with Crippen LogP contribution in [0.1, 0.15) is 26.7 Å². The maximum Gasteiger partial charge on any atom is 0.315 e. The highest BCUT2D eigenvalue weighted by Crippen LogP contribution is 2.21. The number of hydrogen-bond acceptors (Lipinski definition) is 5. The number of rotatable bonds is 1. The molecule has 0 fully saturated rings. The van der Waals surface area contributed by atoms with E-state index in [1.54, 1.807) is 0 Å². The molecule has 13 heavy (non-hydrogen) atoms. The molecule has 1 atom stereocenters. The fourth-order valence-corrected chi connectivity index (χ4v) is 1.10. The average Bonchev–Trinajstić information content (AvgIpc) is 2.28. The van der Waals surface area contributed by atoms with Crippen LogP contribution in [0.25, 0.3) is 0 Å². The van der Waals surface area contributed by atoms with Crippen LogP contribution in [0.15, 0.2) is 9.64 Å².